The second-order valence-electron chi connectivity index (χ2n) is 4.18. The van der Waals surface area contributed by atoms with Crippen LogP contribution in [0.25, 0.3) is 0 Å². The first kappa shape index (κ1) is 11.7. The zero-order chi connectivity index (χ0) is 11.9. The molecule has 87 valence electrons. The van der Waals surface area contributed by atoms with E-state index in [1.807, 2.05) is 30.3 Å². The van der Waals surface area contributed by atoms with Gasteiger partial charge >= 0.3 is 0 Å². The van der Waals surface area contributed by atoms with Gasteiger partial charge in [-0.25, -0.2) is 0 Å². The normalized spacial score (nSPS) is 12.1. The Balaban J connectivity index is 1.79. The van der Waals surface area contributed by atoms with Crippen molar-refractivity contribution >= 4 is 0 Å². The van der Waals surface area contributed by atoms with E-state index in [0.29, 0.717) is 5.92 Å². The van der Waals surface area contributed by atoms with Crippen molar-refractivity contribution in [3.8, 4) is 5.75 Å². The summed E-state index contributed by atoms with van der Waals surface area (Å²) in [5, 5.41) is 0. The van der Waals surface area contributed by atoms with Gasteiger partial charge in [-0.05, 0) is 36.1 Å². The number of hydrogen-bond donors (Lipinski definition) is 0. The van der Waals surface area contributed by atoms with Gasteiger partial charge in [-0.15, -0.1) is 0 Å². The molecular formula is C16H17O. The summed E-state index contributed by atoms with van der Waals surface area (Å²) in [6, 6.07) is 21.1. The first-order chi connectivity index (χ1) is 8.36. The highest BCUT2D eigenvalue weighted by molar-refractivity contribution is 5.21. The average molecular weight is 225 g/mol. The Kier molecular flexibility index (Phi) is 4.20. The molecule has 2 aromatic carbocycles. The summed E-state index contributed by atoms with van der Waals surface area (Å²) in [5.74, 6) is 1.45. The smallest absolute Gasteiger partial charge is 0.119 e. The molecular weight excluding hydrogens is 208 g/mol. The highest BCUT2D eigenvalue weighted by Crippen LogP contribution is 2.19. The lowest BCUT2D eigenvalue weighted by atomic mass is 9.98. The van der Waals surface area contributed by atoms with Crippen LogP contribution >= 0.6 is 0 Å². The fraction of sp³-hybridized carbons (Fsp3) is 0.250. The second-order valence-corrected chi connectivity index (χ2v) is 4.18. The highest BCUT2D eigenvalue weighted by Gasteiger charge is 2.04. The van der Waals surface area contributed by atoms with Gasteiger partial charge in [0.2, 0.25) is 0 Å². The first-order valence-corrected chi connectivity index (χ1v) is 6.00. The van der Waals surface area contributed by atoms with Gasteiger partial charge in [0.1, 0.15) is 5.75 Å². The summed E-state index contributed by atoms with van der Waals surface area (Å²) in [6.45, 7) is 2.98. The van der Waals surface area contributed by atoms with E-state index in [0.717, 1.165) is 18.8 Å². The van der Waals surface area contributed by atoms with Crippen molar-refractivity contribution in [3.63, 3.8) is 0 Å². The average Bonchev–Trinajstić information content (AvgIpc) is 2.41. The summed E-state index contributed by atoms with van der Waals surface area (Å²) in [5.41, 5.74) is 1.37. The molecule has 0 aromatic heterocycles. The Bertz CT molecular complexity index is 422. The topological polar surface area (TPSA) is 9.23 Å². The molecule has 0 heterocycles. The predicted octanol–water partition coefficient (Wildman–Crippen LogP) is 4.06. The number of hydrogen-bond acceptors (Lipinski definition) is 1. The molecule has 2 aromatic rings. The summed E-state index contributed by atoms with van der Waals surface area (Å²) in [4.78, 5) is 0. The summed E-state index contributed by atoms with van der Waals surface area (Å²) >= 11 is 0. The molecule has 2 rings (SSSR count). The van der Waals surface area contributed by atoms with E-state index < -0.39 is 0 Å². The number of benzene rings is 2. The maximum absolute atomic E-state index is 5.68. The lowest BCUT2D eigenvalue weighted by molar-refractivity contribution is 0.301. The van der Waals surface area contributed by atoms with Crippen LogP contribution in [0.1, 0.15) is 24.8 Å². The molecule has 0 spiro atoms. The molecule has 0 amide bonds. The molecule has 1 unspecified atom stereocenters. The van der Waals surface area contributed by atoms with Crippen LogP contribution in [0.3, 0.4) is 0 Å². The van der Waals surface area contributed by atoms with Gasteiger partial charge in [0.15, 0.2) is 0 Å². The van der Waals surface area contributed by atoms with Crippen LogP contribution in [0, 0.1) is 6.07 Å². The minimum absolute atomic E-state index is 0.534. The standard InChI is InChI=1S/C16H17O/c1-14(15-8-4-2-5-9-15)12-13-17-16-10-6-3-7-11-16/h2,4-11,14H,12-13H2,1H3. The van der Waals surface area contributed by atoms with E-state index in [4.69, 9.17) is 4.74 Å². The highest BCUT2D eigenvalue weighted by atomic mass is 16.5. The molecule has 1 nitrogen and oxygen atoms in total. The van der Waals surface area contributed by atoms with Crippen LogP contribution in [-0.2, 0) is 0 Å². The lowest BCUT2D eigenvalue weighted by Gasteiger charge is -2.12. The summed E-state index contributed by atoms with van der Waals surface area (Å²) in [6.07, 6.45) is 1.03. The van der Waals surface area contributed by atoms with Crippen LogP contribution in [0.15, 0.2) is 54.6 Å². The maximum Gasteiger partial charge on any atom is 0.119 e. The van der Waals surface area contributed by atoms with E-state index in [1.54, 1.807) is 0 Å². The van der Waals surface area contributed by atoms with E-state index in [2.05, 4.69) is 37.3 Å². The molecule has 0 N–H and O–H groups in total. The van der Waals surface area contributed by atoms with Gasteiger partial charge < -0.3 is 4.74 Å². The van der Waals surface area contributed by atoms with E-state index in [9.17, 15) is 0 Å². The van der Waals surface area contributed by atoms with Crippen LogP contribution in [0.5, 0.6) is 5.75 Å². The van der Waals surface area contributed by atoms with Gasteiger partial charge in [0.25, 0.3) is 0 Å². The number of ether oxygens (including phenoxy) is 1. The largest absolute Gasteiger partial charge is 0.494 e. The van der Waals surface area contributed by atoms with Crippen molar-refractivity contribution in [3.05, 3.63) is 66.2 Å². The Morgan fingerprint density at radius 3 is 2.47 bits per heavy atom. The summed E-state index contributed by atoms with van der Waals surface area (Å²) < 4.78 is 5.68. The van der Waals surface area contributed by atoms with Crippen molar-refractivity contribution in [2.24, 2.45) is 0 Å². The molecule has 0 aliphatic rings. The van der Waals surface area contributed by atoms with Crippen molar-refractivity contribution in [1.29, 1.82) is 0 Å². The molecule has 0 saturated heterocycles. The van der Waals surface area contributed by atoms with E-state index in [1.165, 1.54) is 5.56 Å². The monoisotopic (exact) mass is 225 g/mol. The zero-order valence-corrected chi connectivity index (χ0v) is 10.1. The molecule has 0 aliphatic carbocycles. The maximum atomic E-state index is 5.68. The molecule has 1 atom stereocenters. The molecule has 1 radical (unpaired) electrons. The Hall–Kier alpha value is -1.76. The van der Waals surface area contributed by atoms with Gasteiger partial charge in [-0.2, -0.15) is 0 Å². The van der Waals surface area contributed by atoms with Crippen LogP contribution in [0.4, 0.5) is 0 Å². The van der Waals surface area contributed by atoms with Crippen LogP contribution in [0.2, 0.25) is 0 Å². The van der Waals surface area contributed by atoms with Crippen LogP contribution < -0.4 is 4.74 Å². The number of rotatable bonds is 5. The second kappa shape index (κ2) is 6.09. The zero-order valence-electron chi connectivity index (χ0n) is 10.1. The van der Waals surface area contributed by atoms with Gasteiger partial charge in [0, 0.05) is 0 Å². The van der Waals surface area contributed by atoms with Crippen molar-refractivity contribution < 1.29 is 4.74 Å². The third-order valence-electron chi connectivity index (χ3n) is 2.88. The predicted molar refractivity (Wildman–Crippen MR) is 70.2 cm³/mol. The minimum Gasteiger partial charge on any atom is -0.494 e. The lowest BCUT2D eigenvalue weighted by Crippen LogP contribution is -2.03. The quantitative estimate of drug-likeness (QED) is 0.745. The molecule has 0 fully saturated rings. The molecule has 0 bridgehead atoms. The van der Waals surface area contributed by atoms with Crippen molar-refractivity contribution in [2.75, 3.05) is 6.61 Å². The molecule has 1 heteroatoms. The first-order valence-electron chi connectivity index (χ1n) is 6.00. The van der Waals surface area contributed by atoms with E-state index in [-0.39, 0.29) is 0 Å². The summed E-state index contributed by atoms with van der Waals surface area (Å²) in [7, 11) is 0. The molecule has 0 saturated carbocycles. The van der Waals surface area contributed by atoms with Gasteiger partial charge in [-0.3, -0.25) is 0 Å². The third kappa shape index (κ3) is 3.63. The fourth-order valence-electron chi connectivity index (χ4n) is 1.77. The van der Waals surface area contributed by atoms with E-state index >= 15 is 0 Å². The molecule has 17 heavy (non-hydrogen) atoms. The Morgan fingerprint density at radius 1 is 1.06 bits per heavy atom. The SMILES string of the molecule is CC(CCOc1cc[c]cc1)c1ccccc1. The van der Waals surface area contributed by atoms with Gasteiger partial charge in [-0.1, -0.05) is 49.4 Å². The van der Waals surface area contributed by atoms with Crippen molar-refractivity contribution in [2.45, 2.75) is 19.3 Å². The van der Waals surface area contributed by atoms with Crippen molar-refractivity contribution in [1.82, 2.24) is 0 Å². The Morgan fingerprint density at radius 2 is 1.76 bits per heavy atom. The minimum atomic E-state index is 0.534. The third-order valence-corrected chi connectivity index (χ3v) is 2.88. The van der Waals surface area contributed by atoms with Crippen LogP contribution in [-0.4, -0.2) is 6.61 Å². The Labute approximate surface area is 103 Å². The fourth-order valence-corrected chi connectivity index (χ4v) is 1.77. The molecule has 0 aliphatic heterocycles. The van der Waals surface area contributed by atoms with Gasteiger partial charge in [0.05, 0.1) is 6.61 Å².